The summed E-state index contributed by atoms with van der Waals surface area (Å²) in [6, 6.07) is 1.76. The summed E-state index contributed by atoms with van der Waals surface area (Å²) < 4.78 is 0. The Morgan fingerprint density at radius 2 is 2.08 bits per heavy atom. The van der Waals surface area contributed by atoms with Crippen LogP contribution in [0.2, 0.25) is 0 Å². The maximum atomic E-state index is 8.98. The Bertz CT molecular complexity index is 241. The Labute approximate surface area is 80.2 Å². The number of aliphatic hydroxyl groups excluding tert-OH is 1. The molecule has 1 N–H and O–H groups in total. The standard InChI is InChI=1S/C11H17NO/c1-9(2)5-4-6-10(3)7-11(13)8-12/h5,7,11,13H,4,6H2,1-3H3. The van der Waals surface area contributed by atoms with Gasteiger partial charge in [0.1, 0.15) is 0 Å². The molecule has 0 aromatic heterocycles. The molecular weight excluding hydrogens is 162 g/mol. The van der Waals surface area contributed by atoms with E-state index in [1.165, 1.54) is 5.57 Å². The molecule has 0 aliphatic heterocycles. The molecular formula is C11H17NO. The Kier molecular flexibility index (Phi) is 5.92. The molecule has 0 aromatic carbocycles. The number of rotatable bonds is 4. The highest BCUT2D eigenvalue weighted by atomic mass is 16.3. The minimum absolute atomic E-state index is 0.907. The molecule has 0 aliphatic rings. The molecule has 0 saturated carbocycles. The van der Waals surface area contributed by atoms with Crippen LogP contribution in [-0.4, -0.2) is 11.2 Å². The van der Waals surface area contributed by atoms with Crippen LogP contribution < -0.4 is 0 Å². The summed E-state index contributed by atoms with van der Waals surface area (Å²) >= 11 is 0. The summed E-state index contributed by atoms with van der Waals surface area (Å²) in [6.45, 7) is 6.05. The summed E-state index contributed by atoms with van der Waals surface area (Å²) in [5, 5.41) is 17.3. The third-order valence-electron chi connectivity index (χ3n) is 1.67. The smallest absolute Gasteiger partial charge is 0.159 e. The van der Waals surface area contributed by atoms with E-state index in [1.807, 2.05) is 6.92 Å². The summed E-state index contributed by atoms with van der Waals surface area (Å²) in [5.41, 5.74) is 2.36. The van der Waals surface area contributed by atoms with Crippen molar-refractivity contribution in [3.05, 3.63) is 23.3 Å². The molecule has 2 nitrogen and oxygen atoms in total. The first kappa shape index (κ1) is 11.9. The molecule has 0 amide bonds. The lowest BCUT2D eigenvalue weighted by Gasteiger charge is -1.99. The molecule has 2 heteroatoms. The van der Waals surface area contributed by atoms with Crippen molar-refractivity contribution in [2.75, 3.05) is 0 Å². The van der Waals surface area contributed by atoms with E-state index in [9.17, 15) is 0 Å². The minimum Gasteiger partial charge on any atom is -0.374 e. The third kappa shape index (κ3) is 7.30. The van der Waals surface area contributed by atoms with Gasteiger partial charge in [0.25, 0.3) is 0 Å². The summed E-state index contributed by atoms with van der Waals surface area (Å²) in [6.07, 6.45) is 4.67. The van der Waals surface area contributed by atoms with E-state index in [2.05, 4.69) is 19.9 Å². The van der Waals surface area contributed by atoms with Crippen LogP contribution in [0.25, 0.3) is 0 Å². The monoisotopic (exact) mass is 179 g/mol. The highest BCUT2D eigenvalue weighted by molar-refractivity contribution is 5.09. The van der Waals surface area contributed by atoms with Gasteiger partial charge in [0.2, 0.25) is 0 Å². The van der Waals surface area contributed by atoms with E-state index in [1.54, 1.807) is 12.1 Å². The molecule has 1 atom stereocenters. The Balaban J connectivity index is 3.88. The van der Waals surface area contributed by atoms with Crippen LogP contribution >= 0.6 is 0 Å². The average Bonchev–Trinajstić information content (AvgIpc) is 2.03. The molecule has 13 heavy (non-hydrogen) atoms. The van der Waals surface area contributed by atoms with Crippen molar-refractivity contribution in [3.8, 4) is 6.07 Å². The second-order valence-corrected chi connectivity index (χ2v) is 3.41. The van der Waals surface area contributed by atoms with Crippen molar-refractivity contribution < 1.29 is 5.11 Å². The maximum absolute atomic E-state index is 8.98. The van der Waals surface area contributed by atoms with Crippen molar-refractivity contribution in [1.82, 2.24) is 0 Å². The van der Waals surface area contributed by atoms with Crippen molar-refractivity contribution in [3.63, 3.8) is 0 Å². The van der Waals surface area contributed by atoms with E-state index in [-0.39, 0.29) is 0 Å². The fourth-order valence-corrected chi connectivity index (χ4v) is 0.979. The highest BCUT2D eigenvalue weighted by Gasteiger charge is 1.96. The van der Waals surface area contributed by atoms with E-state index < -0.39 is 6.10 Å². The van der Waals surface area contributed by atoms with E-state index in [0.717, 1.165) is 18.4 Å². The molecule has 0 spiro atoms. The molecule has 0 heterocycles. The SMILES string of the molecule is CC(C)=CCCC(C)=CC(O)C#N. The van der Waals surface area contributed by atoms with Gasteiger partial charge in [0.15, 0.2) is 6.10 Å². The number of nitriles is 1. The van der Waals surface area contributed by atoms with Gasteiger partial charge in [-0.05, 0) is 39.7 Å². The Morgan fingerprint density at radius 3 is 2.54 bits per heavy atom. The largest absolute Gasteiger partial charge is 0.374 e. The Morgan fingerprint density at radius 1 is 1.46 bits per heavy atom. The second-order valence-electron chi connectivity index (χ2n) is 3.41. The van der Waals surface area contributed by atoms with Crippen molar-refractivity contribution in [2.24, 2.45) is 0 Å². The topological polar surface area (TPSA) is 44.0 Å². The van der Waals surface area contributed by atoms with Crippen LogP contribution in [0.4, 0.5) is 0 Å². The zero-order chi connectivity index (χ0) is 10.3. The maximum Gasteiger partial charge on any atom is 0.159 e. The van der Waals surface area contributed by atoms with Crippen molar-refractivity contribution in [1.29, 1.82) is 5.26 Å². The normalized spacial score (nSPS) is 13.3. The third-order valence-corrected chi connectivity index (χ3v) is 1.67. The van der Waals surface area contributed by atoms with Crippen LogP contribution in [0.1, 0.15) is 33.6 Å². The van der Waals surface area contributed by atoms with Gasteiger partial charge in [-0.2, -0.15) is 5.26 Å². The minimum atomic E-state index is -0.952. The molecule has 0 fully saturated rings. The number of hydrogen-bond donors (Lipinski definition) is 1. The van der Waals surface area contributed by atoms with Gasteiger partial charge in [-0.3, -0.25) is 0 Å². The van der Waals surface area contributed by atoms with Gasteiger partial charge in [-0.25, -0.2) is 0 Å². The van der Waals surface area contributed by atoms with Crippen LogP contribution in [0.3, 0.4) is 0 Å². The molecule has 0 rings (SSSR count). The zero-order valence-corrected chi connectivity index (χ0v) is 8.54. The van der Waals surface area contributed by atoms with Crippen molar-refractivity contribution >= 4 is 0 Å². The number of allylic oxidation sites excluding steroid dienone is 3. The first-order chi connectivity index (χ1) is 6.06. The predicted molar refractivity (Wildman–Crippen MR) is 54.0 cm³/mol. The van der Waals surface area contributed by atoms with E-state index in [0.29, 0.717) is 0 Å². The van der Waals surface area contributed by atoms with Crippen LogP contribution in [0.5, 0.6) is 0 Å². The summed E-state index contributed by atoms with van der Waals surface area (Å²) in [4.78, 5) is 0. The van der Waals surface area contributed by atoms with Gasteiger partial charge < -0.3 is 5.11 Å². The molecule has 72 valence electrons. The molecule has 0 aliphatic carbocycles. The first-order valence-corrected chi connectivity index (χ1v) is 4.44. The molecule has 0 aromatic rings. The lowest BCUT2D eigenvalue weighted by Crippen LogP contribution is -1.97. The predicted octanol–water partition coefficient (Wildman–Crippen LogP) is 2.56. The zero-order valence-electron chi connectivity index (χ0n) is 8.54. The molecule has 0 radical (unpaired) electrons. The van der Waals surface area contributed by atoms with Crippen molar-refractivity contribution in [2.45, 2.75) is 39.7 Å². The number of nitrogens with zero attached hydrogens (tertiary/aromatic N) is 1. The fraction of sp³-hybridized carbons (Fsp3) is 0.545. The first-order valence-electron chi connectivity index (χ1n) is 4.44. The lowest BCUT2D eigenvalue weighted by molar-refractivity contribution is 0.277. The number of hydrogen-bond acceptors (Lipinski definition) is 2. The highest BCUT2D eigenvalue weighted by Crippen LogP contribution is 2.07. The van der Waals surface area contributed by atoms with Gasteiger partial charge in [0, 0.05) is 0 Å². The Hall–Kier alpha value is -1.07. The second kappa shape index (κ2) is 6.45. The average molecular weight is 179 g/mol. The summed E-state index contributed by atoms with van der Waals surface area (Å²) in [7, 11) is 0. The van der Waals surface area contributed by atoms with Gasteiger partial charge in [-0.15, -0.1) is 0 Å². The van der Waals surface area contributed by atoms with E-state index >= 15 is 0 Å². The number of aliphatic hydroxyl groups is 1. The van der Waals surface area contributed by atoms with Crippen LogP contribution in [0, 0.1) is 11.3 Å². The molecule has 0 saturated heterocycles. The molecule has 0 bridgehead atoms. The van der Waals surface area contributed by atoms with Crippen LogP contribution in [0.15, 0.2) is 23.3 Å². The molecule has 1 unspecified atom stereocenters. The van der Waals surface area contributed by atoms with Gasteiger partial charge in [0.05, 0.1) is 6.07 Å². The quantitative estimate of drug-likeness (QED) is 0.532. The van der Waals surface area contributed by atoms with Crippen LogP contribution in [-0.2, 0) is 0 Å². The lowest BCUT2D eigenvalue weighted by atomic mass is 10.1. The van der Waals surface area contributed by atoms with E-state index in [4.69, 9.17) is 10.4 Å². The van der Waals surface area contributed by atoms with Gasteiger partial charge in [-0.1, -0.05) is 17.2 Å². The van der Waals surface area contributed by atoms with Gasteiger partial charge >= 0.3 is 0 Å². The fourth-order valence-electron chi connectivity index (χ4n) is 0.979. The summed E-state index contributed by atoms with van der Waals surface area (Å²) in [5.74, 6) is 0.